The van der Waals surface area contributed by atoms with E-state index in [9.17, 15) is 0 Å². The Morgan fingerprint density at radius 2 is 2.26 bits per heavy atom. The Labute approximate surface area is 143 Å². The van der Waals surface area contributed by atoms with Crippen LogP contribution in [0.5, 0.6) is 0 Å². The van der Waals surface area contributed by atoms with Crippen LogP contribution in [0.3, 0.4) is 0 Å². The fourth-order valence-electron chi connectivity index (χ4n) is 2.98. The van der Waals surface area contributed by atoms with E-state index in [0.717, 1.165) is 43.1 Å². The number of nitrogens with zero attached hydrogens (tertiary/aromatic N) is 4. The average Bonchev–Trinajstić information content (AvgIpc) is 3.17. The molecule has 130 valence electrons. The number of nitrogens with one attached hydrogen (secondary N) is 2. The standard InChI is InChI=1S/C16H30N6S/c1-4-15-21-19-12-22(15)10-9-18-16(17-5-2)20-13-7-8-14(11-13)23-6-3/h12-14H,4-11H2,1-3H3,(H2,17,18,20). The van der Waals surface area contributed by atoms with E-state index in [4.69, 9.17) is 4.99 Å². The minimum Gasteiger partial charge on any atom is -0.357 e. The monoisotopic (exact) mass is 338 g/mol. The van der Waals surface area contributed by atoms with Gasteiger partial charge in [0.05, 0.1) is 6.54 Å². The van der Waals surface area contributed by atoms with Gasteiger partial charge in [-0.05, 0) is 31.9 Å². The van der Waals surface area contributed by atoms with Crippen LogP contribution in [0.1, 0.15) is 45.9 Å². The Morgan fingerprint density at radius 1 is 1.39 bits per heavy atom. The Balaban J connectivity index is 1.83. The normalized spacial score (nSPS) is 21.6. The van der Waals surface area contributed by atoms with Gasteiger partial charge in [0.15, 0.2) is 5.96 Å². The van der Waals surface area contributed by atoms with Crippen molar-refractivity contribution in [2.45, 2.75) is 64.3 Å². The number of hydrogen-bond donors (Lipinski definition) is 2. The third kappa shape index (κ3) is 5.71. The van der Waals surface area contributed by atoms with Crippen molar-refractivity contribution in [1.29, 1.82) is 0 Å². The highest BCUT2D eigenvalue weighted by molar-refractivity contribution is 7.99. The fourth-order valence-corrected chi connectivity index (χ4v) is 4.12. The second kappa shape index (κ2) is 9.80. The van der Waals surface area contributed by atoms with Gasteiger partial charge in [-0.25, -0.2) is 0 Å². The molecule has 1 fully saturated rings. The number of hydrogen-bond acceptors (Lipinski definition) is 4. The topological polar surface area (TPSA) is 67.1 Å². The average molecular weight is 339 g/mol. The van der Waals surface area contributed by atoms with Crippen molar-refractivity contribution < 1.29 is 0 Å². The fraction of sp³-hybridized carbons (Fsp3) is 0.812. The predicted octanol–water partition coefficient (Wildman–Crippen LogP) is 2.07. The third-order valence-corrected chi connectivity index (χ3v) is 5.33. The lowest BCUT2D eigenvalue weighted by atomic mass is 10.2. The SMILES string of the molecule is CCNC(=NCCn1cnnc1CC)NC1CCC(SCC)C1. The number of rotatable bonds is 8. The van der Waals surface area contributed by atoms with Crippen molar-refractivity contribution in [2.24, 2.45) is 4.99 Å². The van der Waals surface area contributed by atoms with E-state index in [1.54, 1.807) is 6.33 Å². The molecule has 1 aliphatic carbocycles. The summed E-state index contributed by atoms with van der Waals surface area (Å²) in [6, 6.07) is 0.554. The maximum Gasteiger partial charge on any atom is 0.191 e. The summed E-state index contributed by atoms with van der Waals surface area (Å²) in [6.07, 6.45) is 6.50. The maximum atomic E-state index is 4.71. The van der Waals surface area contributed by atoms with Crippen molar-refractivity contribution >= 4 is 17.7 Å². The van der Waals surface area contributed by atoms with Crippen LogP contribution in [-0.4, -0.2) is 50.9 Å². The largest absolute Gasteiger partial charge is 0.357 e. The highest BCUT2D eigenvalue weighted by Crippen LogP contribution is 2.29. The quantitative estimate of drug-likeness (QED) is 0.561. The molecule has 2 atom stereocenters. The van der Waals surface area contributed by atoms with Crippen LogP contribution in [0.2, 0.25) is 0 Å². The molecule has 0 bridgehead atoms. The van der Waals surface area contributed by atoms with Gasteiger partial charge in [0.25, 0.3) is 0 Å². The first-order valence-electron chi connectivity index (χ1n) is 8.79. The van der Waals surface area contributed by atoms with Crippen LogP contribution < -0.4 is 10.6 Å². The van der Waals surface area contributed by atoms with Crippen LogP contribution in [0.4, 0.5) is 0 Å². The first-order chi connectivity index (χ1) is 11.3. The summed E-state index contributed by atoms with van der Waals surface area (Å²) in [7, 11) is 0. The first kappa shape index (κ1) is 18.1. The summed E-state index contributed by atoms with van der Waals surface area (Å²) in [5.74, 6) is 3.17. The van der Waals surface area contributed by atoms with Crippen molar-refractivity contribution in [2.75, 3.05) is 18.8 Å². The summed E-state index contributed by atoms with van der Waals surface area (Å²) < 4.78 is 2.08. The number of aromatic nitrogens is 3. The molecule has 0 spiro atoms. The lowest BCUT2D eigenvalue weighted by Crippen LogP contribution is -2.42. The van der Waals surface area contributed by atoms with Crippen molar-refractivity contribution in [3.63, 3.8) is 0 Å². The smallest absolute Gasteiger partial charge is 0.191 e. The van der Waals surface area contributed by atoms with Gasteiger partial charge < -0.3 is 15.2 Å². The zero-order chi connectivity index (χ0) is 16.5. The molecule has 1 aromatic heterocycles. The predicted molar refractivity (Wildman–Crippen MR) is 98.1 cm³/mol. The van der Waals surface area contributed by atoms with Crippen LogP contribution in [0.25, 0.3) is 0 Å². The van der Waals surface area contributed by atoms with Crippen LogP contribution >= 0.6 is 11.8 Å². The van der Waals surface area contributed by atoms with E-state index < -0.39 is 0 Å². The summed E-state index contributed by atoms with van der Waals surface area (Å²) in [5, 5.41) is 15.8. The van der Waals surface area contributed by atoms with E-state index in [1.807, 2.05) is 0 Å². The van der Waals surface area contributed by atoms with E-state index in [-0.39, 0.29) is 0 Å². The Morgan fingerprint density at radius 3 is 3.00 bits per heavy atom. The van der Waals surface area contributed by atoms with Crippen LogP contribution in [-0.2, 0) is 13.0 Å². The van der Waals surface area contributed by atoms with E-state index in [1.165, 1.54) is 25.0 Å². The Hall–Kier alpha value is -1.24. The molecule has 0 radical (unpaired) electrons. The van der Waals surface area contributed by atoms with Crippen LogP contribution in [0.15, 0.2) is 11.3 Å². The Bertz CT molecular complexity index is 487. The molecular formula is C16H30N6S. The summed E-state index contributed by atoms with van der Waals surface area (Å²) in [6.45, 7) is 8.90. The van der Waals surface area contributed by atoms with Crippen molar-refractivity contribution in [1.82, 2.24) is 25.4 Å². The molecule has 6 nitrogen and oxygen atoms in total. The number of thioether (sulfide) groups is 1. The minimum absolute atomic E-state index is 0.554. The molecule has 0 aromatic carbocycles. The van der Waals surface area contributed by atoms with Gasteiger partial charge in [-0.3, -0.25) is 4.99 Å². The van der Waals surface area contributed by atoms with Gasteiger partial charge in [-0.15, -0.1) is 10.2 Å². The number of aliphatic imine (C=N–C) groups is 1. The second-order valence-corrected chi connectivity index (χ2v) is 7.36. The summed E-state index contributed by atoms with van der Waals surface area (Å²) >= 11 is 2.09. The van der Waals surface area contributed by atoms with Gasteiger partial charge in [-0.1, -0.05) is 13.8 Å². The molecule has 1 saturated carbocycles. The molecule has 23 heavy (non-hydrogen) atoms. The zero-order valence-electron chi connectivity index (χ0n) is 14.6. The molecule has 0 amide bonds. The van der Waals surface area contributed by atoms with Crippen molar-refractivity contribution in [3.05, 3.63) is 12.2 Å². The molecule has 0 saturated heterocycles. The highest BCUT2D eigenvalue weighted by Gasteiger charge is 2.24. The van der Waals surface area contributed by atoms with Gasteiger partial charge in [0.1, 0.15) is 12.2 Å². The molecule has 1 heterocycles. The van der Waals surface area contributed by atoms with Crippen molar-refractivity contribution in [3.8, 4) is 0 Å². The van der Waals surface area contributed by atoms with Crippen LogP contribution in [0, 0.1) is 0 Å². The molecule has 2 rings (SSSR count). The van der Waals surface area contributed by atoms with E-state index in [0.29, 0.717) is 6.04 Å². The third-order valence-electron chi connectivity index (χ3n) is 4.09. The summed E-state index contributed by atoms with van der Waals surface area (Å²) in [5.41, 5.74) is 0. The van der Waals surface area contributed by atoms with Gasteiger partial charge >= 0.3 is 0 Å². The van der Waals surface area contributed by atoms with Gasteiger partial charge in [0, 0.05) is 30.8 Å². The molecule has 2 unspecified atom stereocenters. The lowest BCUT2D eigenvalue weighted by Gasteiger charge is -2.17. The molecule has 0 aliphatic heterocycles. The van der Waals surface area contributed by atoms with Gasteiger partial charge in [-0.2, -0.15) is 11.8 Å². The molecule has 1 aromatic rings. The Kier molecular flexibility index (Phi) is 7.71. The minimum atomic E-state index is 0.554. The first-order valence-corrected chi connectivity index (χ1v) is 9.84. The lowest BCUT2D eigenvalue weighted by molar-refractivity contribution is 0.609. The summed E-state index contributed by atoms with van der Waals surface area (Å²) in [4.78, 5) is 4.71. The molecule has 2 N–H and O–H groups in total. The van der Waals surface area contributed by atoms with E-state index in [2.05, 4.69) is 57.9 Å². The highest BCUT2D eigenvalue weighted by atomic mass is 32.2. The molecule has 1 aliphatic rings. The number of guanidine groups is 1. The molecular weight excluding hydrogens is 308 g/mol. The van der Waals surface area contributed by atoms with E-state index >= 15 is 0 Å². The maximum absolute atomic E-state index is 4.71. The zero-order valence-corrected chi connectivity index (χ0v) is 15.4. The van der Waals surface area contributed by atoms with Gasteiger partial charge in [0.2, 0.25) is 0 Å². The second-order valence-electron chi connectivity index (χ2n) is 5.79. The molecule has 7 heteroatoms. The number of aryl methyl sites for hydroxylation is 1.